The van der Waals surface area contributed by atoms with Crippen LogP contribution in [0.3, 0.4) is 0 Å². The molecule has 0 amide bonds. The highest BCUT2D eigenvalue weighted by molar-refractivity contribution is 8.06. The van der Waals surface area contributed by atoms with Crippen LogP contribution in [-0.2, 0) is 9.59 Å². The van der Waals surface area contributed by atoms with Crippen LogP contribution in [0.15, 0.2) is 56.0 Å². The molecule has 0 unspecified atom stereocenters. The molecule has 2 fully saturated rings. The molecule has 4 nitrogen and oxygen atoms in total. The minimum atomic E-state index is -0.369. The Balaban J connectivity index is 1.49. The molecule has 3 aromatic carbocycles. The number of rotatable bonds is 8. The first-order valence-corrected chi connectivity index (χ1v) is 20.5. The van der Waals surface area contributed by atoms with Crippen molar-refractivity contribution in [1.29, 1.82) is 0 Å². The van der Waals surface area contributed by atoms with Gasteiger partial charge in [0.25, 0.3) is 0 Å². The fraction of sp³-hybridized carbons (Fsp3) is 0.200. The maximum absolute atomic E-state index is 13.1. The van der Waals surface area contributed by atoms with Gasteiger partial charge >= 0.3 is 11.9 Å². The van der Waals surface area contributed by atoms with E-state index >= 15 is 0 Å². The third kappa shape index (κ3) is 6.63. The summed E-state index contributed by atoms with van der Waals surface area (Å²) in [5, 5.41) is 6.70. The quantitative estimate of drug-likeness (QED) is 0.132. The molecule has 48 heavy (non-hydrogen) atoms. The van der Waals surface area contributed by atoms with Gasteiger partial charge in [0, 0.05) is 25.7 Å². The summed E-state index contributed by atoms with van der Waals surface area (Å²) in [6.07, 6.45) is 26.5. The number of hydrogen-bond acceptors (Lipinski definition) is 8. The number of ether oxygens (including phenoxy) is 2. The Labute approximate surface area is 301 Å². The van der Waals surface area contributed by atoms with E-state index in [-0.39, 0.29) is 11.9 Å². The summed E-state index contributed by atoms with van der Waals surface area (Å²) in [6.45, 7) is 0. The minimum absolute atomic E-state index is 0.369. The van der Waals surface area contributed by atoms with Crippen LogP contribution in [0.4, 0.5) is 0 Å². The first-order chi connectivity index (χ1) is 23.4. The highest BCUT2D eigenvalue weighted by Gasteiger charge is 2.29. The van der Waals surface area contributed by atoms with Crippen molar-refractivity contribution < 1.29 is 19.1 Å². The van der Waals surface area contributed by atoms with Crippen molar-refractivity contribution in [2.24, 2.45) is 0 Å². The smallest absolute Gasteiger partial charge is 0.319 e. The van der Waals surface area contributed by atoms with Crippen molar-refractivity contribution in [3.63, 3.8) is 0 Å². The van der Waals surface area contributed by atoms with Crippen molar-refractivity contribution in [3.8, 4) is 11.5 Å². The van der Waals surface area contributed by atoms with E-state index in [1.165, 1.54) is 41.2 Å². The number of fused-ring (bicyclic) bond motifs is 2. The summed E-state index contributed by atoms with van der Waals surface area (Å²) in [6, 6.07) is 12.1. The number of thioether (sulfide) groups is 4. The third-order valence-electron chi connectivity index (χ3n) is 9.09. The Kier molecular flexibility index (Phi) is 10.6. The van der Waals surface area contributed by atoms with E-state index in [2.05, 4.69) is 49.3 Å². The Morgan fingerprint density at radius 3 is 1.15 bits per heavy atom. The van der Waals surface area contributed by atoms with Crippen LogP contribution in [0.5, 0.6) is 11.5 Å². The van der Waals surface area contributed by atoms with Crippen LogP contribution >= 0.6 is 47.0 Å². The second kappa shape index (κ2) is 14.9. The number of carbonyl (C=O) groups excluding carboxylic acids is 2. The van der Waals surface area contributed by atoms with E-state index in [0.29, 0.717) is 23.3 Å². The molecule has 8 heteroatoms. The van der Waals surface area contributed by atoms with E-state index in [1.54, 1.807) is 25.7 Å². The highest BCUT2D eigenvalue weighted by atomic mass is 32.2. The van der Waals surface area contributed by atoms with Gasteiger partial charge in [-0.3, -0.25) is 9.59 Å². The van der Waals surface area contributed by atoms with Gasteiger partial charge in [-0.2, -0.15) is 0 Å². The minimum Gasteiger partial charge on any atom is -0.426 e. The molecular weight excluding hydrogens is 673 g/mol. The molecule has 10 radical (unpaired) electrons. The van der Waals surface area contributed by atoms with Gasteiger partial charge in [-0.05, 0) is 152 Å². The predicted octanol–water partition coefficient (Wildman–Crippen LogP) is 8.38. The van der Waals surface area contributed by atoms with Crippen molar-refractivity contribution in [2.45, 2.75) is 25.7 Å². The number of allylic oxidation sites excluding steroid dienone is 4. The second-order valence-electron chi connectivity index (χ2n) is 11.7. The van der Waals surface area contributed by atoms with Gasteiger partial charge in [0.15, 0.2) is 0 Å². The zero-order valence-electron chi connectivity index (χ0n) is 27.2. The molecule has 0 bridgehead atoms. The molecule has 0 heterocycles. The average Bonchev–Trinajstić information content (AvgIpc) is 3.94. The van der Waals surface area contributed by atoms with E-state index in [1.807, 2.05) is 84.9 Å². The molecule has 242 valence electrons. The van der Waals surface area contributed by atoms with Crippen molar-refractivity contribution >= 4 is 91.7 Å². The molecule has 0 aromatic heterocycles. The lowest BCUT2D eigenvalue weighted by molar-refractivity contribution is -0.132. The molecule has 0 N–H and O–H groups in total. The van der Waals surface area contributed by atoms with Crippen LogP contribution in [0.2, 0.25) is 0 Å². The summed E-state index contributed by atoms with van der Waals surface area (Å²) in [7, 11) is 0. The zero-order chi connectivity index (χ0) is 33.4. The fourth-order valence-electron chi connectivity index (χ4n) is 6.82. The molecule has 7 rings (SSSR count). The number of hydrogen-bond donors (Lipinski definition) is 0. The molecule has 0 atom stereocenters. The van der Waals surface area contributed by atoms with Crippen molar-refractivity contribution in [2.75, 3.05) is 25.0 Å². The molecule has 0 saturated heterocycles. The Hall–Kier alpha value is -2.26. The van der Waals surface area contributed by atoms with Crippen LogP contribution in [-0.4, -0.2) is 37.0 Å². The Bertz CT molecular complexity index is 1800. The first kappa shape index (κ1) is 34.2. The first-order valence-electron chi connectivity index (χ1n) is 15.6. The SMILES string of the molecule is CSC1=C(SC)CC(=c2c3ccc(OC(=O)[C]4[CH][CH][CH][CH]4)cc3c(=C3CC(SC)=C(SC)C3)c3ccc(OC(=O)[C]4[CH][CH][CH][CH]4)cc23)C1. The molecule has 4 aliphatic carbocycles. The van der Waals surface area contributed by atoms with Crippen LogP contribution < -0.4 is 19.9 Å². The summed E-state index contributed by atoms with van der Waals surface area (Å²) in [5.74, 6) is 1.36. The fourth-order valence-corrected chi connectivity index (χ4v) is 10.3. The standard InChI is InChI=1S/C40H34O4S4/c1-45-33-17-25(18-34(33)46-2)37-29-15-13-28(44-40(42)24-11-7-8-12-24)22-32(29)38(26-19-35(47-3)36(20-26)48-4)30-16-14-27(21-31(30)37)43-39(41)23-9-5-6-10-23/h5-16,21-22H,17-20H2,1-4H3. The third-order valence-corrected chi connectivity index (χ3v) is 12.9. The maximum Gasteiger partial charge on any atom is 0.319 e. The van der Waals surface area contributed by atoms with Gasteiger partial charge in [0.2, 0.25) is 0 Å². The van der Waals surface area contributed by atoms with Gasteiger partial charge < -0.3 is 9.47 Å². The summed E-state index contributed by atoms with van der Waals surface area (Å²) >= 11 is 7.27. The summed E-state index contributed by atoms with van der Waals surface area (Å²) in [4.78, 5) is 31.7. The van der Waals surface area contributed by atoms with Crippen LogP contribution in [0.25, 0.3) is 32.7 Å². The summed E-state index contributed by atoms with van der Waals surface area (Å²) in [5.41, 5.74) is 2.69. The number of benzene rings is 3. The van der Waals surface area contributed by atoms with Gasteiger partial charge in [-0.1, -0.05) is 23.3 Å². The topological polar surface area (TPSA) is 52.6 Å². The monoisotopic (exact) mass is 706 g/mol. The Morgan fingerprint density at radius 1 is 0.500 bits per heavy atom. The lowest BCUT2D eigenvalue weighted by atomic mass is 9.91. The van der Waals surface area contributed by atoms with Gasteiger partial charge in [0.05, 0.1) is 11.8 Å². The molecule has 4 aliphatic rings. The van der Waals surface area contributed by atoms with Crippen molar-refractivity contribution in [1.82, 2.24) is 0 Å². The Morgan fingerprint density at radius 2 is 0.833 bits per heavy atom. The average molecular weight is 707 g/mol. The van der Waals surface area contributed by atoms with Crippen LogP contribution in [0, 0.1) is 63.2 Å². The van der Waals surface area contributed by atoms with Crippen molar-refractivity contribution in [3.05, 3.63) is 130 Å². The number of esters is 2. The molecule has 0 aliphatic heterocycles. The van der Waals surface area contributed by atoms with E-state index < -0.39 is 0 Å². The summed E-state index contributed by atoms with van der Waals surface area (Å²) < 4.78 is 11.9. The molecular formula is C40H34O4S4. The highest BCUT2D eigenvalue weighted by Crippen LogP contribution is 2.44. The maximum atomic E-state index is 13.1. The largest absolute Gasteiger partial charge is 0.426 e. The van der Waals surface area contributed by atoms with Crippen LogP contribution in [0.1, 0.15) is 25.7 Å². The molecule has 2 saturated carbocycles. The van der Waals surface area contributed by atoms with E-state index in [4.69, 9.17) is 9.47 Å². The molecule has 0 spiro atoms. The lowest BCUT2D eigenvalue weighted by Gasteiger charge is -2.16. The second-order valence-corrected chi connectivity index (χ2v) is 15.3. The predicted molar refractivity (Wildman–Crippen MR) is 206 cm³/mol. The number of carbonyl (C=O) groups is 2. The normalized spacial score (nSPS) is 19.2. The van der Waals surface area contributed by atoms with Gasteiger partial charge in [0.1, 0.15) is 11.5 Å². The van der Waals surface area contributed by atoms with Gasteiger partial charge in [-0.15, -0.1) is 47.0 Å². The zero-order valence-corrected chi connectivity index (χ0v) is 30.4. The van der Waals surface area contributed by atoms with Gasteiger partial charge in [-0.25, -0.2) is 0 Å². The molecule has 3 aromatic rings. The van der Waals surface area contributed by atoms with E-state index in [9.17, 15) is 9.59 Å². The lowest BCUT2D eigenvalue weighted by Crippen LogP contribution is -2.21. The van der Waals surface area contributed by atoms with E-state index in [0.717, 1.165) is 47.2 Å².